The molecule has 4 heteroatoms. The van der Waals surface area contributed by atoms with Crippen LogP contribution in [0.1, 0.15) is 31.4 Å². The molecule has 3 atom stereocenters. The first-order valence-corrected chi connectivity index (χ1v) is 8.19. The lowest BCUT2D eigenvalue weighted by Crippen LogP contribution is -2.40. The minimum atomic E-state index is 0.162. The number of likely N-dealkylation sites (tertiary alicyclic amines) is 1. The zero-order valence-electron chi connectivity index (χ0n) is 12.4. The van der Waals surface area contributed by atoms with E-state index in [1.165, 1.54) is 12.0 Å². The number of hydrogen-bond donors (Lipinski definition) is 1. The lowest BCUT2D eigenvalue weighted by Gasteiger charge is -2.33. The van der Waals surface area contributed by atoms with Crippen LogP contribution in [-0.2, 0) is 4.74 Å². The molecule has 2 rings (SSSR count). The summed E-state index contributed by atoms with van der Waals surface area (Å²) in [7, 11) is 1.78. The number of halogens is 1. The molecule has 0 aliphatic carbocycles. The highest BCUT2D eigenvalue weighted by molar-refractivity contribution is 9.10. The quantitative estimate of drug-likeness (QED) is 0.864. The highest BCUT2D eigenvalue weighted by atomic mass is 79.9. The van der Waals surface area contributed by atoms with Crippen LogP contribution in [0.15, 0.2) is 28.7 Å². The Kier molecular flexibility index (Phi) is 6.02. The standard InChI is InChI=1S/C16H25BrN2O/c1-3-15(18)16(13-6-4-5-7-14(13)17)19-9-8-12(10-19)11-20-2/h4-7,12,15-16H,3,8-11,18H2,1-2H3. The molecular formula is C16H25BrN2O. The Bertz CT molecular complexity index is 427. The summed E-state index contributed by atoms with van der Waals surface area (Å²) in [5, 5.41) is 0. The largest absolute Gasteiger partial charge is 0.384 e. The molecule has 1 aromatic rings. The zero-order valence-corrected chi connectivity index (χ0v) is 14.0. The van der Waals surface area contributed by atoms with Crippen LogP contribution in [-0.4, -0.2) is 37.7 Å². The van der Waals surface area contributed by atoms with Crippen molar-refractivity contribution in [2.24, 2.45) is 11.7 Å². The summed E-state index contributed by atoms with van der Waals surface area (Å²) in [5.74, 6) is 0.633. The highest BCUT2D eigenvalue weighted by Crippen LogP contribution is 2.34. The fourth-order valence-electron chi connectivity index (χ4n) is 3.12. The van der Waals surface area contributed by atoms with Crippen molar-refractivity contribution in [3.8, 4) is 0 Å². The minimum absolute atomic E-state index is 0.162. The summed E-state index contributed by atoms with van der Waals surface area (Å²) < 4.78 is 6.46. The Balaban J connectivity index is 2.19. The average Bonchev–Trinajstić information content (AvgIpc) is 2.90. The summed E-state index contributed by atoms with van der Waals surface area (Å²) in [4.78, 5) is 2.53. The molecule has 1 fully saturated rings. The van der Waals surface area contributed by atoms with Crippen LogP contribution in [0.25, 0.3) is 0 Å². The lowest BCUT2D eigenvalue weighted by molar-refractivity contribution is 0.142. The molecule has 1 aromatic carbocycles. The predicted octanol–water partition coefficient (Wildman–Crippen LogP) is 3.20. The molecule has 0 spiro atoms. The van der Waals surface area contributed by atoms with Crippen LogP contribution in [0, 0.1) is 5.92 Å². The van der Waals surface area contributed by atoms with E-state index in [4.69, 9.17) is 10.5 Å². The van der Waals surface area contributed by atoms with Gasteiger partial charge in [-0.25, -0.2) is 0 Å². The molecule has 0 aromatic heterocycles. The summed E-state index contributed by atoms with van der Waals surface area (Å²) >= 11 is 3.68. The third-order valence-electron chi connectivity index (χ3n) is 4.21. The van der Waals surface area contributed by atoms with E-state index in [1.807, 2.05) is 0 Å². The van der Waals surface area contributed by atoms with Gasteiger partial charge >= 0.3 is 0 Å². The molecule has 1 saturated heterocycles. The number of benzene rings is 1. The number of ether oxygens (including phenoxy) is 1. The molecule has 112 valence electrons. The molecule has 0 amide bonds. The van der Waals surface area contributed by atoms with Gasteiger partial charge in [0.05, 0.1) is 12.6 Å². The smallest absolute Gasteiger partial charge is 0.0510 e. The third-order valence-corrected chi connectivity index (χ3v) is 4.94. The van der Waals surface area contributed by atoms with Crippen molar-refractivity contribution < 1.29 is 4.74 Å². The Morgan fingerprint density at radius 3 is 2.85 bits per heavy atom. The first kappa shape index (κ1) is 16.0. The van der Waals surface area contributed by atoms with Gasteiger partial charge in [-0.05, 0) is 36.9 Å². The molecule has 3 nitrogen and oxygen atoms in total. The molecule has 2 N–H and O–H groups in total. The minimum Gasteiger partial charge on any atom is -0.384 e. The van der Waals surface area contributed by atoms with Crippen LogP contribution in [0.4, 0.5) is 0 Å². The summed E-state index contributed by atoms with van der Waals surface area (Å²) in [6, 6.07) is 8.90. The van der Waals surface area contributed by atoms with Crippen molar-refractivity contribution in [2.45, 2.75) is 31.8 Å². The van der Waals surface area contributed by atoms with E-state index in [9.17, 15) is 0 Å². The van der Waals surface area contributed by atoms with E-state index in [0.717, 1.165) is 30.6 Å². The molecule has 1 aliphatic heterocycles. The van der Waals surface area contributed by atoms with E-state index in [-0.39, 0.29) is 12.1 Å². The first-order valence-electron chi connectivity index (χ1n) is 7.40. The molecule has 0 saturated carbocycles. The maximum Gasteiger partial charge on any atom is 0.0510 e. The summed E-state index contributed by atoms with van der Waals surface area (Å²) in [6.07, 6.45) is 2.18. The summed E-state index contributed by atoms with van der Waals surface area (Å²) in [6.45, 7) is 5.19. The van der Waals surface area contributed by atoms with Crippen molar-refractivity contribution in [3.63, 3.8) is 0 Å². The lowest BCUT2D eigenvalue weighted by atomic mass is 9.96. The molecule has 1 aliphatic rings. The molecule has 0 bridgehead atoms. The van der Waals surface area contributed by atoms with Crippen molar-refractivity contribution in [3.05, 3.63) is 34.3 Å². The van der Waals surface area contributed by atoms with E-state index in [2.05, 4.69) is 52.0 Å². The van der Waals surface area contributed by atoms with Gasteiger partial charge in [-0.1, -0.05) is 41.1 Å². The van der Waals surface area contributed by atoms with Gasteiger partial charge in [0.1, 0.15) is 0 Å². The van der Waals surface area contributed by atoms with Crippen LogP contribution in [0.2, 0.25) is 0 Å². The van der Waals surface area contributed by atoms with Crippen LogP contribution in [0.5, 0.6) is 0 Å². The zero-order chi connectivity index (χ0) is 14.5. The topological polar surface area (TPSA) is 38.5 Å². The number of rotatable bonds is 6. The van der Waals surface area contributed by atoms with E-state index in [0.29, 0.717) is 5.92 Å². The first-order chi connectivity index (χ1) is 9.67. The second-order valence-electron chi connectivity index (χ2n) is 5.64. The van der Waals surface area contributed by atoms with Gasteiger partial charge in [0.25, 0.3) is 0 Å². The number of nitrogens with zero attached hydrogens (tertiary/aromatic N) is 1. The maximum atomic E-state index is 6.42. The van der Waals surface area contributed by atoms with Gasteiger partial charge in [-0.3, -0.25) is 4.90 Å². The van der Waals surface area contributed by atoms with Crippen LogP contribution in [0.3, 0.4) is 0 Å². The molecule has 0 radical (unpaired) electrons. The van der Waals surface area contributed by atoms with Gasteiger partial charge in [-0.15, -0.1) is 0 Å². The summed E-state index contributed by atoms with van der Waals surface area (Å²) in [5.41, 5.74) is 7.73. The second kappa shape index (κ2) is 7.55. The number of methoxy groups -OCH3 is 1. The Morgan fingerprint density at radius 1 is 1.45 bits per heavy atom. The SMILES string of the molecule is CCC(N)C(c1ccccc1Br)N1CCC(COC)C1. The van der Waals surface area contributed by atoms with Crippen LogP contribution >= 0.6 is 15.9 Å². The van der Waals surface area contributed by atoms with Crippen LogP contribution < -0.4 is 5.73 Å². The van der Waals surface area contributed by atoms with E-state index in [1.54, 1.807) is 7.11 Å². The van der Waals surface area contributed by atoms with E-state index < -0.39 is 0 Å². The van der Waals surface area contributed by atoms with Gasteiger partial charge in [0.2, 0.25) is 0 Å². The fourth-order valence-corrected chi connectivity index (χ4v) is 3.64. The van der Waals surface area contributed by atoms with Gasteiger partial charge in [-0.2, -0.15) is 0 Å². The van der Waals surface area contributed by atoms with E-state index >= 15 is 0 Å². The van der Waals surface area contributed by atoms with Gasteiger partial charge in [0.15, 0.2) is 0 Å². The molecular weight excluding hydrogens is 316 g/mol. The molecule has 1 heterocycles. The van der Waals surface area contributed by atoms with Crippen molar-refractivity contribution in [1.29, 1.82) is 0 Å². The Hall–Kier alpha value is -0.420. The fraction of sp³-hybridized carbons (Fsp3) is 0.625. The second-order valence-corrected chi connectivity index (χ2v) is 6.50. The predicted molar refractivity (Wildman–Crippen MR) is 86.7 cm³/mol. The maximum absolute atomic E-state index is 6.42. The third kappa shape index (κ3) is 3.61. The number of nitrogens with two attached hydrogens (primary N) is 1. The molecule has 20 heavy (non-hydrogen) atoms. The normalized spacial score (nSPS) is 22.9. The molecule has 3 unspecified atom stereocenters. The monoisotopic (exact) mass is 340 g/mol. The average molecular weight is 341 g/mol. The Morgan fingerprint density at radius 2 is 2.20 bits per heavy atom. The van der Waals surface area contributed by atoms with Gasteiger partial charge < -0.3 is 10.5 Å². The Labute approximate surface area is 130 Å². The van der Waals surface area contributed by atoms with Gasteiger partial charge in [0, 0.05) is 24.2 Å². The van der Waals surface area contributed by atoms with Crippen molar-refractivity contribution in [2.75, 3.05) is 26.8 Å². The van der Waals surface area contributed by atoms with Crippen molar-refractivity contribution in [1.82, 2.24) is 4.90 Å². The van der Waals surface area contributed by atoms with Crippen molar-refractivity contribution >= 4 is 15.9 Å². The number of hydrogen-bond acceptors (Lipinski definition) is 3. The highest BCUT2D eigenvalue weighted by Gasteiger charge is 2.32.